The molecule has 2 aromatic heterocycles. The third-order valence-corrected chi connectivity index (χ3v) is 4.70. The maximum Gasteiger partial charge on any atom is 0.344 e. The molecular weight excluding hydrogens is 360 g/mol. The third kappa shape index (κ3) is 3.18. The summed E-state index contributed by atoms with van der Waals surface area (Å²) < 4.78 is 1.57. The van der Waals surface area contributed by atoms with Crippen molar-refractivity contribution in [2.24, 2.45) is 0 Å². The highest BCUT2D eigenvalue weighted by Gasteiger charge is 2.48. The number of fused-ring (bicyclic) bond motifs is 1. The third-order valence-electron chi connectivity index (χ3n) is 4.70. The average molecular weight is 378 g/mol. The highest BCUT2D eigenvalue weighted by atomic mass is 16.2. The molecule has 4 amide bonds. The molecule has 0 radical (unpaired) electrons. The van der Waals surface area contributed by atoms with E-state index in [1.807, 2.05) is 30.3 Å². The lowest BCUT2D eigenvalue weighted by molar-refractivity contribution is -0.132. The number of hydrogen-bond donors (Lipinski definition) is 2. The molecule has 0 bridgehead atoms. The first-order valence-corrected chi connectivity index (χ1v) is 8.78. The van der Waals surface area contributed by atoms with Crippen molar-refractivity contribution >= 4 is 23.6 Å². The molecule has 9 nitrogen and oxygen atoms in total. The van der Waals surface area contributed by atoms with E-state index in [2.05, 4.69) is 20.7 Å². The number of rotatable bonds is 5. The largest absolute Gasteiger partial charge is 0.344 e. The summed E-state index contributed by atoms with van der Waals surface area (Å²) in [4.78, 5) is 45.7. The van der Waals surface area contributed by atoms with Crippen molar-refractivity contribution < 1.29 is 14.4 Å². The van der Waals surface area contributed by atoms with Gasteiger partial charge in [0.2, 0.25) is 5.78 Å². The van der Waals surface area contributed by atoms with Gasteiger partial charge >= 0.3 is 6.03 Å². The van der Waals surface area contributed by atoms with Gasteiger partial charge in [0.1, 0.15) is 5.54 Å². The second-order valence-electron chi connectivity index (χ2n) is 6.78. The zero-order valence-corrected chi connectivity index (χ0v) is 15.1. The molecule has 0 aliphatic carbocycles. The Morgan fingerprint density at radius 2 is 2.00 bits per heavy atom. The second-order valence-corrected chi connectivity index (χ2v) is 6.78. The summed E-state index contributed by atoms with van der Waals surface area (Å²) in [5.41, 5.74) is 2.36. The zero-order chi connectivity index (χ0) is 19.7. The maximum atomic E-state index is 12.8. The van der Waals surface area contributed by atoms with Gasteiger partial charge in [-0.05, 0) is 31.4 Å². The van der Waals surface area contributed by atoms with Gasteiger partial charge < -0.3 is 5.32 Å². The molecule has 1 aliphatic heterocycles. The molecule has 0 unspecified atom stereocenters. The van der Waals surface area contributed by atoms with Gasteiger partial charge in [-0.25, -0.2) is 14.8 Å². The number of nitrogens with zero attached hydrogens (tertiary/aromatic N) is 4. The average Bonchev–Trinajstić information content (AvgIpc) is 3.22. The fourth-order valence-corrected chi connectivity index (χ4v) is 3.09. The van der Waals surface area contributed by atoms with E-state index in [0.717, 1.165) is 5.56 Å². The quantitative estimate of drug-likeness (QED) is 0.651. The minimum Gasteiger partial charge on any atom is -0.322 e. The summed E-state index contributed by atoms with van der Waals surface area (Å²) in [5.74, 6) is -0.831. The fraction of sp³-hybridized carbons (Fsp3) is 0.211. The van der Waals surface area contributed by atoms with Crippen molar-refractivity contribution in [3.8, 4) is 0 Å². The van der Waals surface area contributed by atoms with Crippen LogP contribution in [0.5, 0.6) is 0 Å². The molecule has 28 heavy (non-hydrogen) atoms. The Hall–Kier alpha value is -3.75. The smallest absolute Gasteiger partial charge is 0.322 e. The van der Waals surface area contributed by atoms with Crippen molar-refractivity contribution in [2.45, 2.75) is 25.3 Å². The highest BCUT2D eigenvalue weighted by molar-refractivity contribution is 6.08. The summed E-state index contributed by atoms with van der Waals surface area (Å²) in [6.07, 6.45) is 5.75. The number of aromatic nitrogens is 3. The van der Waals surface area contributed by atoms with Crippen LogP contribution >= 0.6 is 0 Å². The van der Waals surface area contributed by atoms with Gasteiger partial charge in [0, 0.05) is 18.6 Å². The Morgan fingerprint density at radius 3 is 2.75 bits per heavy atom. The van der Waals surface area contributed by atoms with E-state index in [0.29, 0.717) is 23.6 Å². The van der Waals surface area contributed by atoms with Crippen molar-refractivity contribution in [2.75, 3.05) is 0 Å². The van der Waals surface area contributed by atoms with Crippen LogP contribution in [0, 0.1) is 0 Å². The predicted molar refractivity (Wildman–Crippen MR) is 99.0 cm³/mol. The lowest BCUT2D eigenvalue weighted by Gasteiger charge is -2.21. The van der Waals surface area contributed by atoms with E-state index in [4.69, 9.17) is 0 Å². The summed E-state index contributed by atoms with van der Waals surface area (Å²) >= 11 is 0. The number of carbonyl (C=O) groups is 3. The molecule has 2 N–H and O–H groups in total. The molecule has 3 heterocycles. The first-order valence-electron chi connectivity index (χ1n) is 8.78. The van der Waals surface area contributed by atoms with Gasteiger partial charge in [0.15, 0.2) is 5.69 Å². The molecule has 4 rings (SSSR count). The van der Waals surface area contributed by atoms with Crippen molar-refractivity contribution in [3.05, 3.63) is 66.2 Å². The number of benzene rings is 1. The first kappa shape index (κ1) is 17.7. The van der Waals surface area contributed by atoms with Crippen LogP contribution in [0.4, 0.5) is 4.79 Å². The van der Waals surface area contributed by atoms with Crippen LogP contribution in [0.2, 0.25) is 0 Å². The molecule has 0 saturated carbocycles. The molecule has 3 aromatic rings. The minimum absolute atomic E-state index is 0.0530. The predicted octanol–water partition coefficient (Wildman–Crippen LogP) is 1.32. The summed E-state index contributed by atoms with van der Waals surface area (Å²) in [6.45, 7) is 1.65. The Kier molecular flexibility index (Phi) is 4.26. The van der Waals surface area contributed by atoms with Crippen LogP contribution in [0.3, 0.4) is 0 Å². The van der Waals surface area contributed by atoms with Gasteiger partial charge in [-0.2, -0.15) is 5.01 Å². The first-order chi connectivity index (χ1) is 13.5. The molecule has 9 heteroatoms. The van der Waals surface area contributed by atoms with Gasteiger partial charge in [-0.15, -0.1) is 0 Å². The highest BCUT2D eigenvalue weighted by Crippen LogP contribution is 2.22. The summed E-state index contributed by atoms with van der Waals surface area (Å²) in [5, 5.41) is 3.38. The molecule has 1 aromatic carbocycles. The molecule has 1 fully saturated rings. The molecular formula is C19H18N6O3. The van der Waals surface area contributed by atoms with E-state index in [1.54, 1.807) is 29.8 Å². The Morgan fingerprint density at radius 1 is 1.21 bits per heavy atom. The summed E-state index contributed by atoms with van der Waals surface area (Å²) in [7, 11) is 0. The molecule has 0 spiro atoms. The molecule has 1 saturated heterocycles. The van der Waals surface area contributed by atoms with E-state index < -0.39 is 23.4 Å². The summed E-state index contributed by atoms with van der Waals surface area (Å²) in [6, 6.07) is 10.7. The number of nitrogens with one attached hydrogen (secondary N) is 2. The van der Waals surface area contributed by atoms with Gasteiger partial charge in [-0.3, -0.25) is 19.4 Å². The van der Waals surface area contributed by atoms with Gasteiger partial charge in [0.05, 0.1) is 0 Å². The lowest BCUT2D eigenvalue weighted by Crippen LogP contribution is -2.49. The van der Waals surface area contributed by atoms with Crippen molar-refractivity contribution in [1.82, 2.24) is 30.1 Å². The fourth-order valence-electron chi connectivity index (χ4n) is 3.09. The van der Waals surface area contributed by atoms with Crippen LogP contribution in [0.1, 0.15) is 29.4 Å². The minimum atomic E-state index is -1.10. The number of urea groups is 1. The standard InChI is InChI=1S/C19H18N6O3/c1-19(9-8-13-6-3-2-4-7-13)16(27)25(18(28)22-19)23-15(26)14-12-24-11-5-10-20-17(24)21-14/h2-7,10-12H,8-9H2,1H3,(H,22,28)(H,23,26)/t19-/m1/s1. The number of carbonyl (C=O) groups excluding carboxylic acids is 3. The zero-order valence-electron chi connectivity index (χ0n) is 15.1. The molecule has 142 valence electrons. The van der Waals surface area contributed by atoms with E-state index >= 15 is 0 Å². The van der Waals surface area contributed by atoms with Crippen molar-refractivity contribution in [3.63, 3.8) is 0 Å². The van der Waals surface area contributed by atoms with E-state index in [9.17, 15) is 14.4 Å². The van der Waals surface area contributed by atoms with E-state index in [1.165, 1.54) is 6.20 Å². The topological polar surface area (TPSA) is 109 Å². The van der Waals surface area contributed by atoms with Gasteiger partial charge in [0.25, 0.3) is 11.8 Å². The Labute approximate surface area is 160 Å². The molecule has 1 atom stereocenters. The molecule has 1 aliphatic rings. The SMILES string of the molecule is C[C@]1(CCc2ccccc2)NC(=O)N(NC(=O)c2cn3cccnc3n2)C1=O. The van der Waals surface area contributed by atoms with E-state index in [-0.39, 0.29) is 5.69 Å². The maximum absolute atomic E-state index is 12.8. The van der Waals surface area contributed by atoms with Crippen LogP contribution in [-0.4, -0.2) is 42.8 Å². The Balaban J connectivity index is 1.46. The van der Waals surface area contributed by atoms with Crippen molar-refractivity contribution in [1.29, 1.82) is 0 Å². The van der Waals surface area contributed by atoms with Crippen LogP contribution in [0.15, 0.2) is 55.0 Å². The van der Waals surface area contributed by atoms with Gasteiger partial charge in [-0.1, -0.05) is 30.3 Å². The monoisotopic (exact) mass is 378 g/mol. The number of hydrazine groups is 1. The normalized spacial score (nSPS) is 19.1. The number of imidazole rings is 1. The number of amides is 4. The number of aryl methyl sites for hydroxylation is 1. The van der Waals surface area contributed by atoms with Crippen LogP contribution in [-0.2, 0) is 11.2 Å². The number of imide groups is 1. The lowest BCUT2D eigenvalue weighted by atomic mass is 9.93. The Bertz CT molecular complexity index is 1030. The van der Waals surface area contributed by atoms with Crippen LogP contribution in [0.25, 0.3) is 5.78 Å². The number of hydrogen-bond acceptors (Lipinski definition) is 5. The van der Waals surface area contributed by atoms with Crippen LogP contribution < -0.4 is 10.7 Å². The second kappa shape index (κ2) is 6.76.